The Morgan fingerprint density at radius 2 is 2.00 bits per heavy atom. The van der Waals surface area contributed by atoms with Gasteiger partial charge in [0.15, 0.2) is 5.82 Å². The first-order valence-corrected chi connectivity index (χ1v) is 11.9. The largest absolute Gasteiger partial charge is 0.490 e. The van der Waals surface area contributed by atoms with Crippen LogP contribution in [0.1, 0.15) is 51.8 Å². The Bertz CT molecular complexity index is 1090. The second-order valence-electron chi connectivity index (χ2n) is 9.03. The standard InChI is InChI=1S/C24H34N6O3/c1-16(2)14-22(31)25-10-4-5-11-26-23-24-29-28-17(3)30(24)21-7-6-19(15-20(21)27-23)33-18-8-12-32-13-9-18/h6-7,15-16,18H,4-5,8-14H2,1-3H3,(H,25,31)(H,26,27). The highest BCUT2D eigenvalue weighted by molar-refractivity contribution is 5.84. The van der Waals surface area contributed by atoms with Crippen molar-refractivity contribution in [1.29, 1.82) is 0 Å². The Hall–Kier alpha value is -2.94. The number of ether oxygens (including phenoxy) is 2. The average molecular weight is 455 g/mol. The third-order valence-electron chi connectivity index (χ3n) is 5.74. The smallest absolute Gasteiger partial charge is 0.220 e. The minimum atomic E-state index is 0.119. The van der Waals surface area contributed by atoms with E-state index >= 15 is 0 Å². The van der Waals surface area contributed by atoms with Crippen molar-refractivity contribution in [3.63, 3.8) is 0 Å². The van der Waals surface area contributed by atoms with E-state index in [0.29, 0.717) is 30.3 Å². The summed E-state index contributed by atoms with van der Waals surface area (Å²) < 4.78 is 13.6. The third kappa shape index (κ3) is 5.90. The summed E-state index contributed by atoms with van der Waals surface area (Å²) in [4.78, 5) is 16.6. The number of hydrogen-bond acceptors (Lipinski definition) is 7. The molecule has 178 valence electrons. The van der Waals surface area contributed by atoms with Gasteiger partial charge in [0.2, 0.25) is 11.6 Å². The molecule has 1 fully saturated rings. The molecular weight excluding hydrogens is 420 g/mol. The number of nitrogens with one attached hydrogen (secondary N) is 2. The number of benzene rings is 1. The molecule has 0 saturated carbocycles. The molecule has 1 amide bonds. The number of carbonyl (C=O) groups excluding carboxylic acids is 1. The van der Waals surface area contributed by atoms with Gasteiger partial charge in [0.1, 0.15) is 17.7 Å². The summed E-state index contributed by atoms with van der Waals surface area (Å²) >= 11 is 0. The maximum Gasteiger partial charge on any atom is 0.220 e. The second-order valence-corrected chi connectivity index (χ2v) is 9.03. The molecule has 9 nitrogen and oxygen atoms in total. The van der Waals surface area contributed by atoms with Crippen LogP contribution in [0.5, 0.6) is 5.75 Å². The molecule has 1 aliphatic heterocycles. The van der Waals surface area contributed by atoms with Gasteiger partial charge in [0.05, 0.1) is 24.2 Å². The number of hydrogen-bond donors (Lipinski definition) is 2. The van der Waals surface area contributed by atoms with E-state index in [4.69, 9.17) is 14.5 Å². The Labute approximate surface area is 194 Å². The number of aryl methyl sites for hydroxylation is 1. The molecule has 33 heavy (non-hydrogen) atoms. The van der Waals surface area contributed by atoms with E-state index in [0.717, 1.165) is 68.0 Å². The second kappa shape index (κ2) is 10.8. The summed E-state index contributed by atoms with van der Waals surface area (Å²) in [5.41, 5.74) is 2.49. The molecule has 0 radical (unpaired) electrons. The first-order chi connectivity index (χ1) is 16.0. The van der Waals surface area contributed by atoms with Gasteiger partial charge in [0, 0.05) is 38.4 Å². The molecule has 9 heteroatoms. The average Bonchev–Trinajstić information content (AvgIpc) is 3.18. The van der Waals surface area contributed by atoms with Crippen LogP contribution < -0.4 is 15.4 Å². The zero-order chi connectivity index (χ0) is 23.2. The molecule has 0 unspecified atom stereocenters. The third-order valence-corrected chi connectivity index (χ3v) is 5.74. The van der Waals surface area contributed by atoms with E-state index in [-0.39, 0.29) is 12.0 Å². The van der Waals surface area contributed by atoms with Crippen molar-refractivity contribution in [2.75, 3.05) is 31.6 Å². The lowest BCUT2D eigenvalue weighted by atomic mass is 10.1. The molecule has 2 N–H and O–H groups in total. The van der Waals surface area contributed by atoms with E-state index < -0.39 is 0 Å². The topological polar surface area (TPSA) is 103 Å². The highest BCUT2D eigenvalue weighted by Gasteiger charge is 2.17. The van der Waals surface area contributed by atoms with Gasteiger partial charge in [-0.3, -0.25) is 9.20 Å². The van der Waals surface area contributed by atoms with Crippen molar-refractivity contribution in [2.24, 2.45) is 5.92 Å². The molecule has 0 bridgehead atoms. The van der Waals surface area contributed by atoms with Gasteiger partial charge < -0.3 is 20.1 Å². The van der Waals surface area contributed by atoms with Crippen molar-refractivity contribution in [2.45, 2.75) is 59.0 Å². The number of fused-ring (bicyclic) bond motifs is 3. The summed E-state index contributed by atoms with van der Waals surface area (Å²) in [5.74, 6) is 2.83. The first-order valence-electron chi connectivity index (χ1n) is 11.9. The van der Waals surface area contributed by atoms with Crippen molar-refractivity contribution < 1.29 is 14.3 Å². The molecular formula is C24H34N6O3. The van der Waals surface area contributed by atoms with Crippen LogP contribution in [0.2, 0.25) is 0 Å². The molecule has 1 saturated heterocycles. The van der Waals surface area contributed by atoms with E-state index in [2.05, 4.69) is 20.8 Å². The van der Waals surface area contributed by atoms with E-state index in [1.807, 2.05) is 43.4 Å². The Morgan fingerprint density at radius 1 is 1.21 bits per heavy atom. The fourth-order valence-electron chi connectivity index (χ4n) is 4.06. The molecule has 0 aliphatic carbocycles. The van der Waals surface area contributed by atoms with Crippen LogP contribution >= 0.6 is 0 Å². The van der Waals surface area contributed by atoms with Gasteiger partial charge in [-0.2, -0.15) is 0 Å². The summed E-state index contributed by atoms with van der Waals surface area (Å²) in [6.45, 7) is 8.94. The quantitative estimate of drug-likeness (QED) is 0.452. The highest BCUT2D eigenvalue weighted by Crippen LogP contribution is 2.26. The van der Waals surface area contributed by atoms with Crippen LogP contribution in [0.3, 0.4) is 0 Å². The Morgan fingerprint density at radius 3 is 2.79 bits per heavy atom. The molecule has 3 aromatic rings. The molecule has 4 rings (SSSR count). The van der Waals surface area contributed by atoms with Crippen molar-refractivity contribution >= 4 is 28.4 Å². The van der Waals surface area contributed by atoms with Crippen molar-refractivity contribution in [3.05, 3.63) is 24.0 Å². The number of aromatic nitrogens is 4. The zero-order valence-corrected chi connectivity index (χ0v) is 19.8. The minimum absolute atomic E-state index is 0.119. The molecule has 2 aromatic heterocycles. The van der Waals surface area contributed by atoms with Gasteiger partial charge in [-0.1, -0.05) is 13.8 Å². The van der Waals surface area contributed by atoms with Crippen molar-refractivity contribution in [1.82, 2.24) is 24.9 Å². The SMILES string of the molecule is Cc1nnc2c(NCCCCNC(=O)CC(C)C)nc3cc(OC4CCOCC4)ccc3n12. The lowest BCUT2D eigenvalue weighted by Gasteiger charge is -2.23. The normalized spacial score (nSPS) is 14.8. The molecule has 1 aliphatic rings. The van der Waals surface area contributed by atoms with Gasteiger partial charge in [-0.25, -0.2) is 4.98 Å². The molecule has 1 aromatic carbocycles. The van der Waals surface area contributed by atoms with E-state index in [9.17, 15) is 4.79 Å². The fraction of sp³-hybridized carbons (Fsp3) is 0.583. The number of carbonyl (C=O) groups is 1. The van der Waals surface area contributed by atoms with Crippen LogP contribution in [0, 0.1) is 12.8 Å². The molecule has 3 heterocycles. The van der Waals surface area contributed by atoms with E-state index in [1.54, 1.807) is 0 Å². The van der Waals surface area contributed by atoms with Crippen LogP contribution in [-0.2, 0) is 9.53 Å². The molecule has 0 spiro atoms. The Balaban J connectivity index is 1.42. The number of nitrogens with zero attached hydrogens (tertiary/aromatic N) is 4. The van der Waals surface area contributed by atoms with Gasteiger partial charge >= 0.3 is 0 Å². The summed E-state index contributed by atoms with van der Waals surface area (Å²) in [7, 11) is 0. The highest BCUT2D eigenvalue weighted by atomic mass is 16.5. The predicted molar refractivity (Wildman–Crippen MR) is 128 cm³/mol. The lowest BCUT2D eigenvalue weighted by Crippen LogP contribution is -2.25. The first kappa shape index (κ1) is 23.2. The number of unbranched alkanes of at least 4 members (excludes halogenated alkanes) is 1. The van der Waals surface area contributed by atoms with Gasteiger partial charge in [0.25, 0.3) is 0 Å². The fourth-order valence-corrected chi connectivity index (χ4v) is 4.06. The summed E-state index contributed by atoms with van der Waals surface area (Å²) in [5, 5.41) is 15.0. The van der Waals surface area contributed by atoms with Crippen LogP contribution in [-0.4, -0.2) is 57.9 Å². The van der Waals surface area contributed by atoms with Crippen LogP contribution in [0.25, 0.3) is 16.7 Å². The Kier molecular flexibility index (Phi) is 7.59. The summed E-state index contributed by atoms with van der Waals surface area (Å²) in [6, 6.07) is 5.99. The minimum Gasteiger partial charge on any atom is -0.490 e. The maximum absolute atomic E-state index is 11.8. The van der Waals surface area contributed by atoms with Crippen molar-refractivity contribution in [3.8, 4) is 5.75 Å². The number of anilines is 1. The monoisotopic (exact) mass is 454 g/mol. The maximum atomic E-state index is 11.8. The van der Waals surface area contributed by atoms with E-state index in [1.165, 1.54) is 0 Å². The number of amides is 1. The van der Waals surface area contributed by atoms with Crippen LogP contribution in [0.15, 0.2) is 18.2 Å². The lowest BCUT2D eigenvalue weighted by molar-refractivity contribution is -0.121. The van der Waals surface area contributed by atoms with Gasteiger partial charge in [-0.05, 0) is 37.8 Å². The predicted octanol–water partition coefficient (Wildman–Crippen LogP) is 3.50. The molecule has 0 atom stereocenters. The van der Waals surface area contributed by atoms with Crippen LogP contribution in [0.4, 0.5) is 5.82 Å². The number of rotatable bonds is 10. The summed E-state index contributed by atoms with van der Waals surface area (Å²) in [6.07, 6.45) is 4.36. The zero-order valence-electron chi connectivity index (χ0n) is 19.8. The van der Waals surface area contributed by atoms with Gasteiger partial charge in [-0.15, -0.1) is 10.2 Å².